The van der Waals surface area contributed by atoms with Gasteiger partial charge in [0, 0.05) is 18.1 Å². The summed E-state index contributed by atoms with van der Waals surface area (Å²) in [6, 6.07) is 11.3. The number of methoxy groups -OCH3 is 2. The van der Waals surface area contributed by atoms with E-state index in [1.165, 1.54) is 32.4 Å². The van der Waals surface area contributed by atoms with Gasteiger partial charge in [-0.2, -0.15) is 0 Å². The predicted octanol–water partition coefficient (Wildman–Crippen LogP) is 3.93. The highest BCUT2D eigenvalue weighted by atomic mass is 16.6. The van der Waals surface area contributed by atoms with Gasteiger partial charge >= 0.3 is 5.97 Å². The van der Waals surface area contributed by atoms with Gasteiger partial charge in [0.15, 0.2) is 17.3 Å². The minimum Gasteiger partial charge on any atom is -0.493 e. The van der Waals surface area contributed by atoms with Crippen molar-refractivity contribution in [2.75, 3.05) is 20.8 Å². The SMILES string of the molecule is CCOC(=O)C1C(=O)C=C(c2ccc(OC)c(OC)c2)CC1c1cccc([N+](=O)[O-])c1. The zero-order valence-corrected chi connectivity index (χ0v) is 17.5. The summed E-state index contributed by atoms with van der Waals surface area (Å²) in [6.07, 6.45) is 1.77. The number of benzene rings is 2. The summed E-state index contributed by atoms with van der Waals surface area (Å²) < 4.78 is 15.7. The van der Waals surface area contributed by atoms with Gasteiger partial charge in [0.05, 0.1) is 25.7 Å². The topological polar surface area (TPSA) is 105 Å². The molecule has 0 spiro atoms. The molecule has 0 saturated carbocycles. The Hall–Kier alpha value is -3.68. The lowest BCUT2D eigenvalue weighted by Gasteiger charge is -2.29. The number of carbonyl (C=O) groups is 2. The van der Waals surface area contributed by atoms with Crippen LogP contribution in [0.15, 0.2) is 48.5 Å². The first kappa shape index (κ1) is 22.0. The van der Waals surface area contributed by atoms with Crippen LogP contribution in [0, 0.1) is 16.0 Å². The summed E-state index contributed by atoms with van der Waals surface area (Å²) in [5.74, 6) is -1.63. The van der Waals surface area contributed by atoms with E-state index in [-0.39, 0.29) is 12.3 Å². The Balaban J connectivity index is 2.07. The molecule has 1 aliphatic carbocycles. The van der Waals surface area contributed by atoms with Crippen LogP contribution in [0.2, 0.25) is 0 Å². The number of esters is 1. The molecule has 0 bridgehead atoms. The fourth-order valence-electron chi connectivity index (χ4n) is 3.80. The van der Waals surface area contributed by atoms with Gasteiger partial charge in [0.1, 0.15) is 5.92 Å². The number of rotatable bonds is 7. The Morgan fingerprint density at radius 3 is 2.52 bits per heavy atom. The molecule has 0 aliphatic heterocycles. The molecule has 1 aliphatic rings. The first-order valence-electron chi connectivity index (χ1n) is 9.77. The number of ether oxygens (including phenoxy) is 3. The lowest BCUT2D eigenvalue weighted by atomic mass is 9.73. The highest BCUT2D eigenvalue weighted by Gasteiger charge is 2.40. The average Bonchev–Trinajstić information content (AvgIpc) is 2.78. The molecule has 3 rings (SSSR count). The maximum atomic E-state index is 13.0. The number of hydrogen-bond acceptors (Lipinski definition) is 7. The Kier molecular flexibility index (Phi) is 6.69. The van der Waals surface area contributed by atoms with E-state index in [9.17, 15) is 19.7 Å². The van der Waals surface area contributed by atoms with Crippen LogP contribution in [0.25, 0.3) is 5.57 Å². The molecule has 0 radical (unpaired) electrons. The summed E-state index contributed by atoms with van der Waals surface area (Å²) in [7, 11) is 3.05. The van der Waals surface area contributed by atoms with Crippen molar-refractivity contribution in [2.24, 2.45) is 5.92 Å². The Labute approximate surface area is 179 Å². The molecule has 2 atom stereocenters. The van der Waals surface area contributed by atoms with E-state index in [4.69, 9.17) is 14.2 Å². The van der Waals surface area contributed by atoms with Crippen molar-refractivity contribution in [3.05, 3.63) is 69.8 Å². The van der Waals surface area contributed by atoms with Crippen molar-refractivity contribution < 1.29 is 28.7 Å². The molecule has 2 aromatic rings. The second-order valence-electron chi connectivity index (χ2n) is 7.03. The third-order valence-corrected chi connectivity index (χ3v) is 5.27. The van der Waals surface area contributed by atoms with Crippen molar-refractivity contribution in [2.45, 2.75) is 19.3 Å². The lowest BCUT2D eigenvalue weighted by molar-refractivity contribution is -0.384. The monoisotopic (exact) mass is 425 g/mol. The largest absolute Gasteiger partial charge is 0.493 e. The molecule has 0 amide bonds. The Morgan fingerprint density at radius 1 is 1.13 bits per heavy atom. The van der Waals surface area contributed by atoms with Gasteiger partial charge in [-0.05, 0) is 48.3 Å². The van der Waals surface area contributed by atoms with E-state index in [1.807, 2.05) is 0 Å². The Morgan fingerprint density at radius 2 is 1.87 bits per heavy atom. The standard InChI is InChI=1S/C23H23NO7/c1-4-31-23(26)22-18(15-6-5-7-17(10-15)24(27)28)11-16(12-19(22)25)14-8-9-20(29-2)21(13-14)30-3/h5-10,12-13,18,22H,4,11H2,1-3H3. The summed E-state index contributed by atoms with van der Waals surface area (Å²) in [4.78, 5) is 36.3. The van der Waals surface area contributed by atoms with Crippen LogP contribution in [-0.2, 0) is 14.3 Å². The summed E-state index contributed by atoms with van der Waals surface area (Å²) in [5, 5.41) is 11.2. The summed E-state index contributed by atoms with van der Waals surface area (Å²) in [5.41, 5.74) is 1.87. The maximum absolute atomic E-state index is 13.0. The van der Waals surface area contributed by atoms with E-state index in [2.05, 4.69) is 0 Å². The highest BCUT2D eigenvalue weighted by Crippen LogP contribution is 2.42. The third-order valence-electron chi connectivity index (χ3n) is 5.27. The predicted molar refractivity (Wildman–Crippen MR) is 113 cm³/mol. The normalized spacial score (nSPS) is 18.2. The van der Waals surface area contributed by atoms with E-state index in [1.54, 1.807) is 37.3 Å². The molecular weight excluding hydrogens is 402 g/mol. The van der Waals surface area contributed by atoms with Gasteiger partial charge in [-0.25, -0.2) is 0 Å². The number of ketones is 1. The van der Waals surface area contributed by atoms with Gasteiger partial charge in [0.25, 0.3) is 5.69 Å². The quantitative estimate of drug-likeness (QED) is 0.286. The molecule has 31 heavy (non-hydrogen) atoms. The molecule has 162 valence electrons. The summed E-state index contributed by atoms with van der Waals surface area (Å²) >= 11 is 0. The second kappa shape index (κ2) is 9.42. The molecule has 0 saturated heterocycles. The molecule has 8 nitrogen and oxygen atoms in total. The number of nitro benzene ring substituents is 1. The highest BCUT2D eigenvalue weighted by molar-refractivity contribution is 6.10. The van der Waals surface area contributed by atoms with Crippen LogP contribution < -0.4 is 9.47 Å². The number of nitro groups is 1. The zero-order valence-electron chi connectivity index (χ0n) is 17.5. The molecule has 0 aromatic heterocycles. The van der Waals surface area contributed by atoms with Gasteiger partial charge in [-0.1, -0.05) is 18.2 Å². The molecule has 2 aromatic carbocycles. The molecule has 0 N–H and O–H groups in total. The fourth-order valence-corrected chi connectivity index (χ4v) is 3.80. The zero-order chi connectivity index (χ0) is 22.5. The van der Waals surface area contributed by atoms with Crippen LogP contribution in [0.4, 0.5) is 5.69 Å². The third kappa shape index (κ3) is 4.58. The lowest BCUT2D eigenvalue weighted by Crippen LogP contribution is -2.34. The fraction of sp³-hybridized carbons (Fsp3) is 0.304. The van der Waals surface area contributed by atoms with Gasteiger partial charge in [0.2, 0.25) is 0 Å². The average molecular weight is 425 g/mol. The number of nitrogens with zero attached hydrogens (tertiary/aromatic N) is 1. The number of carbonyl (C=O) groups excluding carboxylic acids is 2. The van der Waals surface area contributed by atoms with Gasteiger partial charge in [-0.15, -0.1) is 0 Å². The van der Waals surface area contributed by atoms with Crippen LogP contribution in [0.3, 0.4) is 0 Å². The molecule has 0 fully saturated rings. The number of non-ortho nitro benzene ring substituents is 1. The summed E-state index contributed by atoms with van der Waals surface area (Å²) in [6.45, 7) is 1.80. The minimum atomic E-state index is -1.06. The van der Waals surface area contributed by atoms with Crippen molar-refractivity contribution in [1.29, 1.82) is 0 Å². The van der Waals surface area contributed by atoms with Crippen LogP contribution in [0.1, 0.15) is 30.4 Å². The first-order chi connectivity index (χ1) is 14.9. The number of allylic oxidation sites excluding steroid dienone is 2. The Bertz CT molecular complexity index is 1040. The van der Waals surface area contributed by atoms with E-state index in [0.29, 0.717) is 29.1 Å². The molecular formula is C23H23NO7. The van der Waals surface area contributed by atoms with Gasteiger partial charge < -0.3 is 14.2 Å². The van der Waals surface area contributed by atoms with Crippen molar-refractivity contribution in [3.8, 4) is 11.5 Å². The smallest absolute Gasteiger partial charge is 0.317 e. The van der Waals surface area contributed by atoms with Gasteiger partial charge in [-0.3, -0.25) is 19.7 Å². The molecule has 8 heteroatoms. The first-order valence-corrected chi connectivity index (χ1v) is 9.77. The second-order valence-corrected chi connectivity index (χ2v) is 7.03. The minimum absolute atomic E-state index is 0.102. The van der Waals surface area contributed by atoms with E-state index in [0.717, 1.165) is 5.56 Å². The maximum Gasteiger partial charge on any atom is 0.317 e. The van der Waals surface area contributed by atoms with Crippen molar-refractivity contribution in [1.82, 2.24) is 0 Å². The number of hydrogen-bond donors (Lipinski definition) is 0. The van der Waals surface area contributed by atoms with Crippen LogP contribution >= 0.6 is 0 Å². The van der Waals surface area contributed by atoms with Crippen molar-refractivity contribution >= 4 is 23.0 Å². The van der Waals surface area contributed by atoms with Crippen LogP contribution in [-0.4, -0.2) is 37.5 Å². The van der Waals surface area contributed by atoms with Crippen LogP contribution in [0.5, 0.6) is 11.5 Å². The van der Waals surface area contributed by atoms with E-state index < -0.39 is 28.5 Å². The molecule has 0 heterocycles. The van der Waals surface area contributed by atoms with Crippen molar-refractivity contribution in [3.63, 3.8) is 0 Å². The van der Waals surface area contributed by atoms with E-state index >= 15 is 0 Å². The molecule has 2 unspecified atom stereocenters.